The maximum Gasteiger partial charge on any atom is 0.350 e. The summed E-state index contributed by atoms with van der Waals surface area (Å²) >= 11 is 22.8. The molecule has 0 aliphatic carbocycles. The van der Waals surface area contributed by atoms with Gasteiger partial charge in [0.15, 0.2) is 0 Å². The van der Waals surface area contributed by atoms with E-state index in [0.717, 1.165) is 0 Å². The SMILES string of the molecule is CCCC(Cl)(Cl)C(=O)OC(=O)C(Cl)(Cl)CCC. The lowest BCUT2D eigenvalue weighted by molar-refractivity contribution is -0.160. The molecule has 0 heterocycles. The lowest BCUT2D eigenvalue weighted by Gasteiger charge is -2.20. The molecule has 0 radical (unpaired) electrons. The second kappa shape index (κ2) is 7.03. The van der Waals surface area contributed by atoms with Gasteiger partial charge in [0.2, 0.25) is 8.67 Å². The molecule has 0 saturated heterocycles. The van der Waals surface area contributed by atoms with Crippen LogP contribution >= 0.6 is 46.4 Å². The third kappa shape index (κ3) is 5.64. The Kier molecular flexibility index (Phi) is 7.15. The molecule has 0 fully saturated rings. The zero-order chi connectivity index (χ0) is 13.7. The summed E-state index contributed by atoms with van der Waals surface area (Å²) in [7, 11) is 0. The first kappa shape index (κ1) is 17.3. The van der Waals surface area contributed by atoms with Crippen LogP contribution in [-0.4, -0.2) is 20.6 Å². The molecule has 100 valence electrons. The quantitative estimate of drug-likeness (QED) is 0.421. The van der Waals surface area contributed by atoms with Crippen LogP contribution in [0.15, 0.2) is 0 Å². The van der Waals surface area contributed by atoms with E-state index < -0.39 is 20.6 Å². The van der Waals surface area contributed by atoms with Crippen molar-refractivity contribution in [2.24, 2.45) is 0 Å². The van der Waals surface area contributed by atoms with Gasteiger partial charge in [-0.15, -0.1) is 0 Å². The summed E-state index contributed by atoms with van der Waals surface area (Å²) in [6.07, 6.45) is 1.48. The molecule has 0 rings (SSSR count). The molecule has 0 aliphatic rings. The van der Waals surface area contributed by atoms with Crippen molar-refractivity contribution in [3.8, 4) is 0 Å². The lowest BCUT2D eigenvalue weighted by atomic mass is 10.2. The first-order valence-electron chi connectivity index (χ1n) is 5.19. The predicted octanol–water partition coefficient (Wildman–Crippen LogP) is 4.00. The Morgan fingerprint density at radius 1 is 0.882 bits per heavy atom. The smallest absolute Gasteiger partial charge is 0.350 e. The highest BCUT2D eigenvalue weighted by Crippen LogP contribution is 2.32. The van der Waals surface area contributed by atoms with E-state index in [2.05, 4.69) is 4.74 Å². The molecule has 0 aromatic carbocycles. The summed E-state index contributed by atoms with van der Waals surface area (Å²) in [6, 6.07) is 0. The van der Waals surface area contributed by atoms with Crippen LogP contribution in [0, 0.1) is 0 Å². The van der Waals surface area contributed by atoms with Crippen molar-refractivity contribution in [3.63, 3.8) is 0 Å². The van der Waals surface area contributed by atoms with Crippen LogP contribution in [0.3, 0.4) is 0 Å². The third-order valence-corrected chi connectivity index (χ3v) is 3.28. The molecule has 7 heteroatoms. The minimum atomic E-state index is -1.75. The molecule has 3 nitrogen and oxygen atoms in total. The van der Waals surface area contributed by atoms with Crippen molar-refractivity contribution >= 4 is 58.3 Å². The lowest BCUT2D eigenvalue weighted by Crippen LogP contribution is -2.36. The topological polar surface area (TPSA) is 43.4 Å². The molecule has 0 unspecified atom stereocenters. The molecule has 0 aromatic rings. The molecule has 0 spiro atoms. The average molecular weight is 324 g/mol. The zero-order valence-electron chi connectivity index (χ0n) is 9.57. The molecule has 0 aliphatic heterocycles. The van der Waals surface area contributed by atoms with Crippen molar-refractivity contribution in [1.29, 1.82) is 0 Å². The fraction of sp³-hybridized carbons (Fsp3) is 0.800. The Balaban J connectivity index is 4.54. The van der Waals surface area contributed by atoms with Crippen LogP contribution in [0.2, 0.25) is 0 Å². The molecule has 0 aromatic heterocycles. The van der Waals surface area contributed by atoms with Gasteiger partial charge in [-0.25, -0.2) is 9.59 Å². The van der Waals surface area contributed by atoms with Crippen LogP contribution in [0.25, 0.3) is 0 Å². The number of halogens is 4. The Bertz CT molecular complexity index is 261. The van der Waals surface area contributed by atoms with E-state index >= 15 is 0 Å². The maximum atomic E-state index is 11.5. The van der Waals surface area contributed by atoms with Gasteiger partial charge >= 0.3 is 11.9 Å². The van der Waals surface area contributed by atoms with E-state index in [9.17, 15) is 9.59 Å². The van der Waals surface area contributed by atoms with Gasteiger partial charge in [-0.3, -0.25) is 0 Å². The van der Waals surface area contributed by atoms with Gasteiger partial charge in [-0.1, -0.05) is 73.1 Å². The zero-order valence-corrected chi connectivity index (χ0v) is 12.6. The van der Waals surface area contributed by atoms with Gasteiger partial charge in [0.1, 0.15) is 0 Å². The largest absolute Gasteiger partial charge is 0.389 e. The van der Waals surface area contributed by atoms with Crippen LogP contribution < -0.4 is 0 Å². The standard InChI is InChI=1S/C10H14Cl4O3/c1-3-5-9(11,12)7(15)17-8(16)10(13,14)6-4-2/h3-6H2,1-2H3. The highest BCUT2D eigenvalue weighted by Gasteiger charge is 2.41. The van der Waals surface area contributed by atoms with Crippen LogP contribution in [-0.2, 0) is 14.3 Å². The molecule has 0 saturated carbocycles. The van der Waals surface area contributed by atoms with Crippen molar-refractivity contribution < 1.29 is 14.3 Å². The number of esters is 2. The highest BCUT2D eigenvalue weighted by atomic mass is 35.5. The van der Waals surface area contributed by atoms with E-state index in [1.54, 1.807) is 13.8 Å². The van der Waals surface area contributed by atoms with Crippen LogP contribution in [0.5, 0.6) is 0 Å². The Morgan fingerprint density at radius 2 is 1.18 bits per heavy atom. The fourth-order valence-electron chi connectivity index (χ4n) is 1.07. The molecule has 0 amide bonds. The molecular formula is C10H14Cl4O3. The third-order valence-electron chi connectivity index (χ3n) is 1.91. The number of carbonyl (C=O) groups is 2. The summed E-state index contributed by atoms with van der Waals surface area (Å²) in [5, 5.41) is 0. The van der Waals surface area contributed by atoms with Crippen LogP contribution in [0.4, 0.5) is 0 Å². The Hall–Kier alpha value is 0.300. The average Bonchev–Trinajstić information content (AvgIpc) is 2.17. The van der Waals surface area contributed by atoms with E-state index in [-0.39, 0.29) is 12.8 Å². The van der Waals surface area contributed by atoms with E-state index in [1.807, 2.05) is 0 Å². The number of ether oxygens (including phenoxy) is 1. The summed E-state index contributed by atoms with van der Waals surface area (Å²) in [5.74, 6) is -2.09. The number of rotatable bonds is 6. The summed E-state index contributed by atoms with van der Waals surface area (Å²) < 4.78 is 0.980. The summed E-state index contributed by atoms with van der Waals surface area (Å²) in [5.41, 5.74) is 0. The highest BCUT2D eigenvalue weighted by molar-refractivity contribution is 6.60. The van der Waals surface area contributed by atoms with Gasteiger partial charge in [0, 0.05) is 0 Å². The second-order valence-electron chi connectivity index (χ2n) is 3.59. The van der Waals surface area contributed by atoms with E-state index in [0.29, 0.717) is 12.8 Å². The number of hydrogen-bond acceptors (Lipinski definition) is 3. The second-order valence-corrected chi connectivity index (χ2v) is 6.55. The van der Waals surface area contributed by atoms with Crippen LogP contribution in [0.1, 0.15) is 39.5 Å². The number of alkyl halides is 4. The Morgan fingerprint density at radius 3 is 1.41 bits per heavy atom. The van der Waals surface area contributed by atoms with Gasteiger partial charge in [-0.2, -0.15) is 0 Å². The number of carbonyl (C=O) groups excluding carboxylic acids is 2. The van der Waals surface area contributed by atoms with Gasteiger partial charge in [0.05, 0.1) is 0 Å². The molecule has 17 heavy (non-hydrogen) atoms. The Labute approximate surface area is 121 Å². The predicted molar refractivity (Wildman–Crippen MR) is 69.8 cm³/mol. The molecular weight excluding hydrogens is 310 g/mol. The van der Waals surface area contributed by atoms with Gasteiger partial charge < -0.3 is 4.74 Å². The monoisotopic (exact) mass is 322 g/mol. The first-order valence-corrected chi connectivity index (χ1v) is 6.71. The maximum absolute atomic E-state index is 11.5. The van der Waals surface area contributed by atoms with Crippen molar-refractivity contribution in [2.75, 3.05) is 0 Å². The van der Waals surface area contributed by atoms with E-state index in [1.165, 1.54) is 0 Å². The minimum Gasteiger partial charge on any atom is -0.389 e. The molecule has 0 bridgehead atoms. The molecule has 0 N–H and O–H groups in total. The summed E-state index contributed by atoms with van der Waals surface area (Å²) in [4.78, 5) is 23.0. The van der Waals surface area contributed by atoms with Gasteiger partial charge in [-0.05, 0) is 12.8 Å². The normalized spacial score (nSPS) is 12.4. The fourth-order valence-corrected chi connectivity index (χ4v) is 1.98. The molecule has 0 atom stereocenters. The van der Waals surface area contributed by atoms with Crippen molar-refractivity contribution in [1.82, 2.24) is 0 Å². The van der Waals surface area contributed by atoms with E-state index in [4.69, 9.17) is 46.4 Å². The minimum absolute atomic E-state index is 0.174. The van der Waals surface area contributed by atoms with Gasteiger partial charge in [0.25, 0.3) is 0 Å². The van der Waals surface area contributed by atoms with Crippen molar-refractivity contribution in [2.45, 2.75) is 48.2 Å². The first-order chi connectivity index (χ1) is 7.67. The summed E-state index contributed by atoms with van der Waals surface area (Å²) in [6.45, 7) is 3.58. The van der Waals surface area contributed by atoms with Crippen molar-refractivity contribution in [3.05, 3.63) is 0 Å². The number of hydrogen-bond donors (Lipinski definition) is 0.